The van der Waals surface area contributed by atoms with Gasteiger partial charge in [0.1, 0.15) is 0 Å². The Morgan fingerprint density at radius 3 is 1.97 bits per heavy atom. The van der Waals surface area contributed by atoms with E-state index in [-0.39, 0.29) is 0 Å². The molecule has 1 unspecified atom stereocenters. The monoisotopic (exact) mass is 495 g/mol. The molecule has 0 aromatic heterocycles. The van der Waals surface area contributed by atoms with Crippen LogP contribution >= 0.6 is 0 Å². The van der Waals surface area contributed by atoms with Gasteiger partial charge < -0.3 is 14.8 Å². The maximum atomic E-state index is 13.4. The first-order valence-corrected chi connectivity index (χ1v) is 9.50. The number of ether oxygens (including phenoxy) is 2. The van der Waals surface area contributed by atoms with Gasteiger partial charge in [-0.1, -0.05) is 6.58 Å². The molecule has 0 spiro atoms. The van der Waals surface area contributed by atoms with Gasteiger partial charge in [0.25, 0.3) is 0 Å². The number of carbonyl (C=O) groups excluding carboxylic acids is 2. The molecule has 182 valence electrons. The summed E-state index contributed by atoms with van der Waals surface area (Å²) in [6.45, 7) is 1.80. The predicted molar refractivity (Wildman–Crippen MR) is 85.1 cm³/mol. The van der Waals surface area contributed by atoms with Crippen molar-refractivity contribution in [1.29, 1.82) is 0 Å². The van der Waals surface area contributed by atoms with Crippen LogP contribution in [0.1, 0.15) is 26.2 Å². The Bertz CT molecular complexity index is 784. The summed E-state index contributed by atoms with van der Waals surface area (Å²) < 4.78 is 143. The van der Waals surface area contributed by atoms with E-state index in [1.165, 1.54) is 0 Å². The van der Waals surface area contributed by atoms with Crippen LogP contribution in [0.4, 0.5) is 35.1 Å². The van der Waals surface area contributed by atoms with Crippen LogP contribution in [0.2, 0.25) is 0 Å². The maximum Gasteiger partial charge on any atom is 0.466 e. The number of alkyl halides is 7. The Morgan fingerprint density at radius 1 is 1.06 bits per heavy atom. The number of hydrogen-bond acceptors (Lipinski definition) is 6. The molecule has 8 nitrogen and oxygen atoms in total. The van der Waals surface area contributed by atoms with Crippen LogP contribution in [0.15, 0.2) is 12.4 Å². The van der Waals surface area contributed by atoms with E-state index in [1.54, 1.807) is 5.32 Å². The molecule has 31 heavy (non-hydrogen) atoms. The molecule has 0 heterocycles. The van der Waals surface area contributed by atoms with Crippen molar-refractivity contribution in [1.82, 2.24) is 5.32 Å². The van der Waals surface area contributed by atoms with Gasteiger partial charge >= 0.3 is 45.1 Å². The van der Waals surface area contributed by atoms with Gasteiger partial charge in [-0.15, -0.1) is 0 Å². The van der Waals surface area contributed by atoms with E-state index < -0.39 is 83.4 Å². The lowest BCUT2D eigenvalue weighted by molar-refractivity contribution is -0.347. The summed E-state index contributed by atoms with van der Waals surface area (Å²) in [5.74, 6) is -16.2. The van der Waals surface area contributed by atoms with Crippen LogP contribution in [0.25, 0.3) is 0 Å². The van der Waals surface area contributed by atoms with Gasteiger partial charge in [0.15, 0.2) is 0 Å². The van der Waals surface area contributed by atoms with Gasteiger partial charge in [-0.3, -0.25) is 9.35 Å². The number of amides is 1. The zero-order valence-corrected chi connectivity index (χ0v) is 16.4. The van der Waals surface area contributed by atoms with Crippen molar-refractivity contribution < 1.29 is 67.2 Å². The molecule has 0 aliphatic carbocycles. The second-order valence-corrected chi connectivity index (χ2v) is 7.23. The molecule has 0 aliphatic rings. The minimum absolute atomic E-state index is 0.439. The molecule has 0 fully saturated rings. The third-order valence-electron chi connectivity index (χ3n) is 3.41. The van der Waals surface area contributed by atoms with Crippen LogP contribution in [-0.2, 0) is 29.2 Å². The minimum Gasteiger partial charge on any atom is -0.410 e. The normalized spacial score (nSPS) is 15.2. The fourth-order valence-corrected chi connectivity index (χ4v) is 2.35. The van der Waals surface area contributed by atoms with Crippen LogP contribution in [0.5, 0.6) is 0 Å². The predicted octanol–water partition coefficient (Wildman–Crippen LogP) is 2.71. The van der Waals surface area contributed by atoms with Crippen molar-refractivity contribution in [3.05, 3.63) is 12.4 Å². The fourth-order valence-electron chi connectivity index (χ4n) is 1.87. The van der Waals surface area contributed by atoms with Crippen LogP contribution in [0, 0.1) is 0 Å². The van der Waals surface area contributed by atoms with Crippen molar-refractivity contribution >= 4 is 22.0 Å². The van der Waals surface area contributed by atoms with Gasteiger partial charge in [0, 0.05) is 13.0 Å². The van der Waals surface area contributed by atoms with Crippen LogP contribution < -0.4 is 5.32 Å². The first kappa shape index (κ1) is 29.0. The number of carbonyl (C=O) groups is 2. The second-order valence-electron chi connectivity index (χ2n) is 5.77. The molecule has 0 radical (unpaired) electrons. The molecule has 1 atom stereocenters. The lowest BCUT2D eigenvalue weighted by atomic mass is 10.1. The van der Waals surface area contributed by atoms with Gasteiger partial charge in [-0.2, -0.15) is 43.5 Å². The fraction of sp³-hybridized carbons (Fsp3) is 0.714. The number of rotatable bonds is 12. The van der Waals surface area contributed by atoms with E-state index >= 15 is 0 Å². The Labute approximate surface area is 170 Å². The molecule has 17 heteroatoms. The summed E-state index contributed by atoms with van der Waals surface area (Å²) in [6, 6.07) is 0. The SMILES string of the molecule is C=C(F)C(=O)OC(OCCCCC(F)(F)C(F)(F)S(=O)(=O)O)(C(=O)NCC)C(F)(F)F. The van der Waals surface area contributed by atoms with Gasteiger partial charge in [-0.05, 0) is 19.8 Å². The first-order valence-electron chi connectivity index (χ1n) is 8.06. The molecule has 0 saturated heterocycles. The quantitative estimate of drug-likeness (QED) is 0.107. The highest BCUT2D eigenvalue weighted by atomic mass is 32.2. The molecular formula is C14H17F8NO7S. The topological polar surface area (TPSA) is 119 Å². The number of hydrogen-bond donors (Lipinski definition) is 2. The van der Waals surface area contributed by atoms with Crippen molar-refractivity contribution in [3.8, 4) is 0 Å². The van der Waals surface area contributed by atoms with Gasteiger partial charge in [0.2, 0.25) is 5.83 Å². The minimum atomic E-state index is -6.50. The molecule has 1 amide bonds. The average Bonchev–Trinajstić information content (AvgIpc) is 2.57. The summed E-state index contributed by atoms with van der Waals surface area (Å²) in [4.78, 5) is 23.1. The molecule has 0 saturated carbocycles. The summed E-state index contributed by atoms with van der Waals surface area (Å²) in [5, 5.41) is -4.27. The highest BCUT2D eigenvalue weighted by molar-refractivity contribution is 7.87. The van der Waals surface area contributed by atoms with E-state index in [0.29, 0.717) is 0 Å². The highest BCUT2D eigenvalue weighted by Crippen LogP contribution is 2.42. The standard InChI is InChI=1S/C14H17F8NO7S/c1-3-23-10(25)12(13(18,19)20,30-9(24)8(2)15)29-7-5-4-6-11(16,17)14(21,22)31(26,27)28/h2-7H2,1H3,(H,23,25)(H,26,27,28). The van der Waals surface area contributed by atoms with Crippen molar-refractivity contribution in [2.75, 3.05) is 13.2 Å². The molecule has 0 rings (SSSR count). The summed E-state index contributed by atoms with van der Waals surface area (Å²) in [6.07, 6.45) is -9.74. The highest BCUT2D eigenvalue weighted by Gasteiger charge is 2.67. The van der Waals surface area contributed by atoms with E-state index in [1.807, 2.05) is 0 Å². The van der Waals surface area contributed by atoms with Gasteiger partial charge in [0.05, 0.1) is 6.61 Å². The first-order chi connectivity index (χ1) is 13.8. The number of likely N-dealkylation sites (N-methyl/N-ethyl adjacent to an activating group) is 1. The molecule has 0 bridgehead atoms. The summed E-state index contributed by atoms with van der Waals surface area (Å²) in [7, 11) is -6.50. The lowest BCUT2D eigenvalue weighted by Gasteiger charge is -2.32. The zero-order valence-electron chi connectivity index (χ0n) is 15.6. The Kier molecular flexibility index (Phi) is 9.42. The third kappa shape index (κ3) is 6.73. The molecule has 0 aromatic carbocycles. The molecular weight excluding hydrogens is 478 g/mol. The zero-order chi connectivity index (χ0) is 24.9. The smallest absolute Gasteiger partial charge is 0.410 e. The molecule has 2 N–H and O–H groups in total. The van der Waals surface area contributed by atoms with Gasteiger partial charge in [-0.25, -0.2) is 4.79 Å². The van der Waals surface area contributed by atoms with E-state index in [9.17, 15) is 53.1 Å². The largest absolute Gasteiger partial charge is 0.466 e. The summed E-state index contributed by atoms with van der Waals surface area (Å²) in [5.41, 5.74) is 0. The second kappa shape index (κ2) is 10.1. The van der Waals surface area contributed by atoms with Crippen LogP contribution in [-0.4, -0.2) is 61.1 Å². The van der Waals surface area contributed by atoms with Crippen molar-refractivity contribution in [2.24, 2.45) is 0 Å². The number of unbranched alkanes of at least 4 members (excludes halogenated alkanes) is 1. The Balaban J connectivity index is 5.44. The third-order valence-corrected chi connectivity index (χ3v) is 4.35. The maximum absolute atomic E-state index is 13.4. The van der Waals surface area contributed by atoms with Crippen molar-refractivity contribution in [3.63, 3.8) is 0 Å². The van der Waals surface area contributed by atoms with E-state index in [0.717, 1.165) is 6.92 Å². The number of nitrogens with one attached hydrogen (secondary N) is 1. The Morgan fingerprint density at radius 2 is 1.58 bits per heavy atom. The van der Waals surface area contributed by atoms with Crippen molar-refractivity contribution in [2.45, 2.75) is 49.3 Å². The Hall–Kier alpha value is -2.01. The number of halogens is 8. The van der Waals surface area contributed by atoms with E-state index in [4.69, 9.17) is 4.55 Å². The molecule has 0 aliphatic heterocycles. The average molecular weight is 495 g/mol. The lowest BCUT2D eigenvalue weighted by Crippen LogP contribution is -2.61. The summed E-state index contributed by atoms with van der Waals surface area (Å²) >= 11 is 0. The van der Waals surface area contributed by atoms with Crippen LogP contribution in [0.3, 0.4) is 0 Å². The number of esters is 1. The molecule has 0 aromatic rings. The van der Waals surface area contributed by atoms with E-state index in [2.05, 4.69) is 16.1 Å².